The Kier molecular flexibility index (Phi) is 6.88. The third-order valence-corrected chi connectivity index (χ3v) is 7.06. The number of halogens is 1. The molecular formula is C33H24ClN5O. The van der Waals surface area contributed by atoms with Gasteiger partial charge in [-0.15, -0.1) is 0 Å². The topological polar surface area (TPSA) is 68.7 Å². The van der Waals surface area contributed by atoms with Crippen LogP contribution in [0.5, 0.6) is 5.75 Å². The summed E-state index contributed by atoms with van der Waals surface area (Å²) in [4.78, 5) is 4.73. The van der Waals surface area contributed by atoms with Crippen molar-refractivity contribution in [1.29, 1.82) is 5.26 Å². The summed E-state index contributed by atoms with van der Waals surface area (Å²) in [5.74, 6) is 1.33. The van der Waals surface area contributed by atoms with E-state index in [9.17, 15) is 5.26 Å². The summed E-state index contributed by atoms with van der Waals surface area (Å²) in [6.45, 7) is 0.374. The SMILES string of the molecule is Cn1c(/C(C#N)=C\c2cn(-c3ccccc3)nc2-c2ccc(OCc3ccccc3Cl)cc2)nc2ccccc21. The van der Waals surface area contributed by atoms with Crippen LogP contribution < -0.4 is 4.74 Å². The number of nitriles is 1. The molecule has 6 nitrogen and oxygen atoms in total. The van der Waals surface area contributed by atoms with Crippen molar-refractivity contribution in [2.24, 2.45) is 7.05 Å². The van der Waals surface area contributed by atoms with Crippen molar-refractivity contribution in [3.8, 4) is 28.8 Å². The number of benzene rings is 4. The number of hydrogen-bond donors (Lipinski definition) is 0. The van der Waals surface area contributed by atoms with Gasteiger partial charge < -0.3 is 9.30 Å². The predicted octanol–water partition coefficient (Wildman–Crippen LogP) is 7.72. The first-order valence-electron chi connectivity index (χ1n) is 12.8. The second kappa shape index (κ2) is 10.9. The minimum absolute atomic E-state index is 0.374. The zero-order valence-corrected chi connectivity index (χ0v) is 22.5. The van der Waals surface area contributed by atoms with Crippen LogP contribution >= 0.6 is 11.6 Å². The normalized spacial score (nSPS) is 11.5. The fourth-order valence-electron chi connectivity index (χ4n) is 4.60. The highest BCUT2D eigenvalue weighted by Crippen LogP contribution is 2.30. The van der Waals surface area contributed by atoms with Crippen LogP contribution in [0.25, 0.3) is 39.6 Å². The lowest BCUT2D eigenvalue weighted by Gasteiger charge is -2.08. The Balaban J connectivity index is 1.38. The molecule has 6 rings (SSSR count). The molecule has 0 spiro atoms. The molecule has 0 amide bonds. The first-order chi connectivity index (χ1) is 19.6. The fraction of sp³-hybridized carbons (Fsp3) is 0.0606. The van der Waals surface area contributed by atoms with Crippen molar-refractivity contribution in [3.63, 3.8) is 0 Å². The van der Waals surface area contributed by atoms with Crippen molar-refractivity contribution in [1.82, 2.24) is 19.3 Å². The van der Waals surface area contributed by atoms with E-state index in [0.717, 1.165) is 44.9 Å². The zero-order valence-electron chi connectivity index (χ0n) is 21.7. The lowest BCUT2D eigenvalue weighted by Crippen LogP contribution is -1.96. The summed E-state index contributed by atoms with van der Waals surface area (Å²) >= 11 is 6.27. The van der Waals surface area contributed by atoms with Gasteiger partial charge in [0.1, 0.15) is 18.4 Å². The van der Waals surface area contributed by atoms with Gasteiger partial charge in [0, 0.05) is 35.0 Å². The molecule has 0 N–H and O–H groups in total. The van der Waals surface area contributed by atoms with Gasteiger partial charge in [0.15, 0.2) is 5.82 Å². The van der Waals surface area contributed by atoms with Crippen molar-refractivity contribution in [2.75, 3.05) is 0 Å². The number of aromatic nitrogens is 4. The predicted molar refractivity (Wildman–Crippen MR) is 159 cm³/mol. The van der Waals surface area contributed by atoms with Crippen LogP contribution in [0.2, 0.25) is 5.02 Å². The minimum atomic E-state index is 0.374. The van der Waals surface area contributed by atoms with E-state index >= 15 is 0 Å². The molecule has 0 radical (unpaired) electrons. The first kappa shape index (κ1) is 25.2. The standard InChI is InChI=1S/C33H24ClN5O/c1-38-31-14-8-7-13-30(31)36-33(38)25(20-35)19-26-21-39(27-10-3-2-4-11-27)37-32(26)23-15-17-28(18-16-23)40-22-24-9-5-6-12-29(24)34/h2-19,21H,22H2,1H3/b25-19-. The summed E-state index contributed by atoms with van der Waals surface area (Å²) in [5, 5.41) is 15.7. The van der Waals surface area contributed by atoms with E-state index in [1.165, 1.54) is 0 Å². The van der Waals surface area contributed by atoms with Gasteiger partial charge in [-0.3, -0.25) is 0 Å². The number of imidazole rings is 1. The van der Waals surface area contributed by atoms with Crippen LogP contribution in [-0.2, 0) is 13.7 Å². The Hall–Kier alpha value is -5.12. The summed E-state index contributed by atoms with van der Waals surface area (Å²) in [5.41, 5.74) is 6.54. The Morgan fingerprint density at radius 1 is 0.925 bits per heavy atom. The molecule has 0 fully saturated rings. The molecule has 0 unspecified atom stereocenters. The van der Waals surface area contributed by atoms with Gasteiger partial charge in [-0.2, -0.15) is 10.4 Å². The summed E-state index contributed by atoms with van der Waals surface area (Å²) in [7, 11) is 1.92. The van der Waals surface area contributed by atoms with Crippen molar-refractivity contribution in [3.05, 3.63) is 131 Å². The smallest absolute Gasteiger partial charge is 0.151 e. The number of hydrogen-bond acceptors (Lipinski definition) is 4. The molecule has 0 aliphatic carbocycles. The molecular weight excluding hydrogens is 518 g/mol. The van der Waals surface area contributed by atoms with E-state index in [-0.39, 0.29) is 0 Å². The van der Waals surface area contributed by atoms with Gasteiger partial charge in [0.05, 0.1) is 28.0 Å². The van der Waals surface area contributed by atoms with Gasteiger partial charge in [-0.25, -0.2) is 9.67 Å². The summed E-state index contributed by atoms with van der Waals surface area (Å²) in [6, 6.07) is 35.5. The van der Waals surface area contributed by atoms with Gasteiger partial charge in [0.2, 0.25) is 0 Å². The Morgan fingerprint density at radius 2 is 1.65 bits per heavy atom. The number of nitrogens with zero attached hydrogens (tertiary/aromatic N) is 5. The molecule has 0 aliphatic rings. The highest BCUT2D eigenvalue weighted by Gasteiger charge is 2.16. The highest BCUT2D eigenvalue weighted by molar-refractivity contribution is 6.31. The van der Waals surface area contributed by atoms with Crippen LogP contribution in [0.15, 0.2) is 109 Å². The lowest BCUT2D eigenvalue weighted by molar-refractivity contribution is 0.306. The number of rotatable bonds is 7. The maximum Gasteiger partial charge on any atom is 0.151 e. The van der Waals surface area contributed by atoms with E-state index in [4.69, 9.17) is 26.4 Å². The molecule has 6 aromatic rings. The maximum atomic E-state index is 10.2. The van der Waals surface area contributed by atoms with Crippen molar-refractivity contribution >= 4 is 34.3 Å². The molecule has 0 saturated carbocycles. The maximum absolute atomic E-state index is 10.2. The van der Waals surface area contributed by atoms with E-state index in [1.807, 2.05) is 132 Å². The Morgan fingerprint density at radius 3 is 2.40 bits per heavy atom. The van der Waals surface area contributed by atoms with Gasteiger partial charge >= 0.3 is 0 Å². The zero-order chi connectivity index (χ0) is 27.5. The average Bonchev–Trinajstić information content (AvgIpc) is 3.57. The number of fused-ring (bicyclic) bond motifs is 1. The van der Waals surface area contributed by atoms with Crippen molar-refractivity contribution < 1.29 is 4.74 Å². The molecule has 0 aliphatic heterocycles. The first-order valence-corrected chi connectivity index (χ1v) is 13.1. The van der Waals surface area contributed by atoms with Gasteiger partial charge in [-0.05, 0) is 60.7 Å². The number of allylic oxidation sites excluding steroid dienone is 1. The number of para-hydroxylation sites is 3. The summed E-state index contributed by atoms with van der Waals surface area (Å²) < 4.78 is 9.74. The van der Waals surface area contributed by atoms with Crippen LogP contribution in [0.3, 0.4) is 0 Å². The molecule has 4 aromatic carbocycles. The van der Waals surface area contributed by atoms with Crippen LogP contribution in [0.4, 0.5) is 0 Å². The molecule has 194 valence electrons. The van der Waals surface area contributed by atoms with Crippen molar-refractivity contribution in [2.45, 2.75) is 6.61 Å². The second-order valence-electron chi connectivity index (χ2n) is 9.27. The second-order valence-corrected chi connectivity index (χ2v) is 9.68. The molecule has 0 saturated heterocycles. The number of aryl methyl sites for hydroxylation is 1. The Labute approximate surface area is 237 Å². The largest absolute Gasteiger partial charge is 0.489 e. The van der Waals surface area contributed by atoms with Gasteiger partial charge in [0.25, 0.3) is 0 Å². The minimum Gasteiger partial charge on any atom is -0.489 e. The van der Waals surface area contributed by atoms with E-state index in [2.05, 4.69) is 6.07 Å². The molecule has 0 atom stereocenters. The summed E-state index contributed by atoms with van der Waals surface area (Å²) in [6.07, 6.45) is 3.79. The third kappa shape index (κ3) is 4.98. The quantitative estimate of drug-likeness (QED) is 0.194. The van der Waals surface area contributed by atoms with E-state index in [1.54, 1.807) is 0 Å². The molecule has 2 aromatic heterocycles. The molecule has 0 bridgehead atoms. The molecule has 40 heavy (non-hydrogen) atoms. The molecule has 2 heterocycles. The third-order valence-electron chi connectivity index (χ3n) is 6.69. The average molecular weight is 542 g/mol. The van der Waals surface area contributed by atoms with Crippen LogP contribution in [0.1, 0.15) is 17.0 Å². The van der Waals surface area contributed by atoms with Crippen LogP contribution in [-0.4, -0.2) is 19.3 Å². The highest BCUT2D eigenvalue weighted by atomic mass is 35.5. The Bertz CT molecular complexity index is 1880. The van der Waals surface area contributed by atoms with Crippen LogP contribution in [0, 0.1) is 11.3 Å². The monoisotopic (exact) mass is 541 g/mol. The lowest BCUT2D eigenvalue weighted by atomic mass is 10.1. The van der Waals surface area contributed by atoms with E-state index in [0.29, 0.717) is 23.0 Å². The fourth-order valence-corrected chi connectivity index (χ4v) is 4.79. The number of ether oxygens (including phenoxy) is 1. The molecule has 7 heteroatoms. The van der Waals surface area contributed by atoms with E-state index < -0.39 is 0 Å². The van der Waals surface area contributed by atoms with Gasteiger partial charge in [-0.1, -0.05) is 60.1 Å².